The molecular formula is C25H25N5O2. The highest BCUT2D eigenvalue weighted by Gasteiger charge is 2.21. The molecule has 2 amide bonds. The van der Waals surface area contributed by atoms with Gasteiger partial charge in [-0.15, -0.1) is 0 Å². The van der Waals surface area contributed by atoms with Crippen molar-refractivity contribution in [3.8, 4) is 0 Å². The van der Waals surface area contributed by atoms with Crippen molar-refractivity contribution in [2.75, 3.05) is 18.5 Å². The number of nitrogens with zero attached hydrogens (tertiary/aromatic N) is 5. The van der Waals surface area contributed by atoms with E-state index in [1.807, 2.05) is 66.1 Å². The molecule has 7 heteroatoms. The number of hydrogen-bond acceptors (Lipinski definition) is 4. The topological polar surface area (TPSA) is 71.3 Å². The molecule has 0 fully saturated rings. The van der Waals surface area contributed by atoms with Crippen LogP contribution in [-0.4, -0.2) is 44.8 Å². The molecular weight excluding hydrogens is 402 g/mol. The van der Waals surface area contributed by atoms with Crippen LogP contribution in [0.2, 0.25) is 0 Å². The number of rotatable bonds is 7. The third-order valence-corrected chi connectivity index (χ3v) is 5.36. The minimum atomic E-state index is -0.128. The van der Waals surface area contributed by atoms with Crippen molar-refractivity contribution < 1.29 is 9.59 Å². The Balaban J connectivity index is 1.63. The molecule has 0 aliphatic rings. The van der Waals surface area contributed by atoms with Crippen molar-refractivity contribution in [3.63, 3.8) is 0 Å². The third kappa shape index (κ3) is 4.37. The summed E-state index contributed by atoms with van der Waals surface area (Å²) in [5, 5.41) is 0. The van der Waals surface area contributed by atoms with Crippen LogP contribution in [0.25, 0.3) is 11.0 Å². The van der Waals surface area contributed by atoms with Crippen LogP contribution in [0.15, 0.2) is 79.1 Å². The van der Waals surface area contributed by atoms with Crippen molar-refractivity contribution in [3.05, 3.63) is 90.5 Å². The lowest BCUT2D eigenvalue weighted by Crippen LogP contribution is -2.34. The molecule has 32 heavy (non-hydrogen) atoms. The largest absolute Gasteiger partial charge is 0.334 e. The zero-order valence-corrected chi connectivity index (χ0v) is 18.2. The van der Waals surface area contributed by atoms with E-state index in [0.29, 0.717) is 17.9 Å². The molecule has 0 saturated heterocycles. The first-order valence-electron chi connectivity index (χ1n) is 10.5. The summed E-state index contributed by atoms with van der Waals surface area (Å²) in [6.45, 7) is 2.93. The molecule has 0 N–H and O–H groups in total. The van der Waals surface area contributed by atoms with E-state index in [2.05, 4.69) is 4.98 Å². The summed E-state index contributed by atoms with van der Waals surface area (Å²) in [6, 6.07) is 20.7. The van der Waals surface area contributed by atoms with Crippen molar-refractivity contribution >= 4 is 28.5 Å². The Kier molecular flexibility index (Phi) is 6.26. The lowest BCUT2D eigenvalue weighted by molar-refractivity contribution is -0.119. The Morgan fingerprint density at radius 2 is 1.62 bits per heavy atom. The molecule has 4 aromatic rings. The fourth-order valence-corrected chi connectivity index (χ4v) is 3.75. The van der Waals surface area contributed by atoms with Gasteiger partial charge in [-0.1, -0.05) is 30.3 Å². The van der Waals surface area contributed by atoms with Gasteiger partial charge >= 0.3 is 0 Å². The maximum absolute atomic E-state index is 13.3. The second kappa shape index (κ2) is 9.43. The average molecular weight is 428 g/mol. The minimum Gasteiger partial charge on any atom is -0.334 e. The highest BCUT2D eigenvalue weighted by atomic mass is 16.2. The maximum Gasteiger partial charge on any atom is 0.254 e. The third-order valence-electron chi connectivity index (χ3n) is 5.36. The fraction of sp³-hybridized carbons (Fsp3) is 0.200. The van der Waals surface area contributed by atoms with E-state index in [0.717, 1.165) is 16.7 Å². The molecule has 7 nitrogen and oxygen atoms in total. The van der Waals surface area contributed by atoms with Crippen LogP contribution in [-0.2, 0) is 17.9 Å². The van der Waals surface area contributed by atoms with Gasteiger partial charge in [0, 0.05) is 37.2 Å². The van der Waals surface area contributed by atoms with E-state index in [9.17, 15) is 9.59 Å². The number of carbonyl (C=O) groups is 2. The predicted molar refractivity (Wildman–Crippen MR) is 124 cm³/mol. The normalized spacial score (nSPS) is 10.8. The molecule has 0 bridgehead atoms. The van der Waals surface area contributed by atoms with E-state index in [1.165, 1.54) is 0 Å². The van der Waals surface area contributed by atoms with Gasteiger partial charge in [-0.25, -0.2) is 4.98 Å². The maximum atomic E-state index is 13.3. The molecule has 0 aliphatic carbocycles. The smallest absolute Gasteiger partial charge is 0.254 e. The number of fused-ring (bicyclic) bond motifs is 1. The van der Waals surface area contributed by atoms with Gasteiger partial charge in [0.2, 0.25) is 5.91 Å². The number of pyridine rings is 1. The summed E-state index contributed by atoms with van der Waals surface area (Å²) >= 11 is 0. The monoisotopic (exact) mass is 427 g/mol. The number of anilines is 1. The minimum absolute atomic E-state index is 0.0359. The lowest BCUT2D eigenvalue weighted by Gasteiger charge is -2.23. The fourth-order valence-electron chi connectivity index (χ4n) is 3.75. The number of hydrogen-bond donors (Lipinski definition) is 0. The first-order valence-corrected chi connectivity index (χ1v) is 10.5. The van der Waals surface area contributed by atoms with Gasteiger partial charge in [0.15, 0.2) is 0 Å². The number of para-hydroxylation sites is 3. The van der Waals surface area contributed by atoms with Crippen molar-refractivity contribution in [2.24, 2.45) is 0 Å². The summed E-state index contributed by atoms with van der Waals surface area (Å²) in [5.41, 5.74) is 3.07. The highest BCUT2D eigenvalue weighted by Crippen LogP contribution is 2.20. The summed E-state index contributed by atoms with van der Waals surface area (Å²) in [7, 11) is 1.73. The number of carbonyl (C=O) groups excluding carboxylic acids is 2. The summed E-state index contributed by atoms with van der Waals surface area (Å²) in [5.74, 6) is 0.497. The Labute approximate surface area is 186 Å². The van der Waals surface area contributed by atoms with Crippen LogP contribution >= 0.6 is 0 Å². The van der Waals surface area contributed by atoms with E-state index in [1.54, 1.807) is 41.4 Å². The molecule has 0 spiro atoms. The van der Waals surface area contributed by atoms with Gasteiger partial charge in [-0.05, 0) is 43.3 Å². The zero-order valence-electron chi connectivity index (χ0n) is 18.2. The van der Waals surface area contributed by atoms with Gasteiger partial charge in [-0.3, -0.25) is 14.6 Å². The van der Waals surface area contributed by atoms with Gasteiger partial charge < -0.3 is 14.4 Å². The van der Waals surface area contributed by atoms with Gasteiger partial charge in [0.25, 0.3) is 5.91 Å². The molecule has 0 aliphatic heterocycles. The molecule has 162 valence electrons. The van der Waals surface area contributed by atoms with Crippen LogP contribution in [0, 0.1) is 0 Å². The number of likely N-dealkylation sites (N-methyl/N-ethyl adjacent to an activating group) is 1. The highest BCUT2D eigenvalue weighted by molar-refractivity contribution is 5.95. The molecule has 0 saturated carbocycles. The van der Waals surface area contributed by atoms with E-state index in [4.69, 9.17) is 4.98 Å². The molecule has 4 rings (SSSR count). The first kappa shape index (κ1) is 21.2. The number of amides is 2. The standard InChI is InChI=1S/C25H25N5O2/c1-3-29(20-9-5-4-6-10-20)24(31)18-30-22-12-8-7-11-21(22)27-23(30)17-28(2)25(32)19-13-15-26-16-14-19/h4-16H,3,17-18H2,1-2H3. The summed E-state index contributed by atoms with van der Waals surface area (Å²) < 4.78 is 1.90. The Hall–Kier alpha value is -4.00. The number of aromatic nitrogens is 3. The first-order chi connectivity index (χ1) is 15.6. The number of benzene rings is 2. The molecule has 2 heterocycles. The molecule has 2 aromatic heterocycles. The SMILES string of the molecule is CCN(C(=O)Cn1c(CN(C)C(=O)c2ccncc2)nc2ccccc21)c1ccccc1. The Morgan fingerprint density at radius 1 is 0.938 bits per heavy atom. The van der Waals surface area contributed by atoms with Gasteiger partial charge in [-0.2, -0.15) is 0 Å². The summed E-state index contributed by atoms with van der Waals surface area (Å²) in [4.78, 5) is 38.1. The van der Waals surface area contributed by atoms with Crippen molar-refractivity contribution in [1.29, 1.82) is 0 Å². The second-order valence-electron chi connectivity index (χ2n) is 7.47. The Bertz CT molecular complexity index is 1220. The predicted octanol–water partition coefficient (Wildman–Crippen LogP) is 3.76. The van der Waals surface area contributed by atoms with Gasteiger partial charge in [0.05, 0.1) is 17.6 Å². The summed E-state index contributed by atoms with van der Waals surface area (Å²) in [6.07, 6.45) is 3.19. The van der Waals surface area contributed by atoms with Gasteiger partial charge in [0.1, 0.15) is 12.4 Å². The van der Waals surface area contributed by atoms with E-state index >= 15 is 0 Å². The van der Waals surface area contributed by atoms with Crippen LogP contribution < -0.4 is 4.90 Å². The molecule has 0 atom stereocenters. The molecule has 2 aromatic carbocycles. The lowest BCUT2D eigenvalue weighted by atomic mass is 10.2. The van der Waals surface area contributed by atoms with Crippen LogP contribution in [0.1, 0.15) is 23.1 Å². The van der Waals surface area contributed by atoms with Crippen molar-refractivity contribution in [2.45, 2.75) is 20.0 Å². The Morgan fingerprint density at radius 3 is 2.34 bits per heavy atom. The van der Waals surface area contributed by atoms with Crippen LogP contribution in [0.4, 0.5) is 5.69 Å². The molecule has 0 unspecified atom stereocenters. The molecule has 0 radical (unpaired) electrons. The quantitative estimate of drug-likeness (QED) is 0.450. The average Bonchev–Trinajstić information content (AvgIpc) is 3.17. The second-order valence-corrected chi connectivity index (χ2v) is 7.47. The van der Waals surface area contributed by atoms with Crippen LogP contribution in [0.3, 0.4) is 0 Å². The van der Waals surface area contributed by atoms with E-state index in [-0.39, 0.29) is 24.9 Å². The van der Waals surface area contributed by atoms with Crippen LogP contribution in [0.5, 0.6) is 0 Å². The van der Waals surface area contributed by atoms with Crippen molar-refractivity contribution in [1.82, 2.24) is 19.4 Å². The number of imidazole rings is 1. The van der Waals surface area contributed by atoms with E-state index < -0.39 is 0 Å². The zero-order chi connectivity index (χ0) is 22.5.